The van der Waals surface area contributed by atoms with Gasteiger partial charge >= 0.3 is 6.18 Å². The molecule has 0 aliphatic carbocycles. The van der Waals surface area contributed by atoms with Crippen molar-refractivity contribution in [3.8, 4) is 0 Å². The quantitative estimate of drug-likeness (QED) is 0.881. The molecule has 1 unspecified atom stereocenters. The predicted molar refractivity (Wildman–Crippen MR) is 85.4 cm³/mol. The lowest BCUT2D eigenvalue weighted by atomic mass is 10.0. The predicted octanol–water partition coefficient (Wildman–Crippen LogP) is 3.48. The molecule has 2 rings (SSSR count). The number of hydrogen-bond donors (Lipinski definition) is 1. The monoisotopic (exact) mass is 350 g/mol. The molecule has 0 bridgehead atoms. The molecule has 1 heterocycles. The van der Waals surface area contributed by atoms with E-state index in [4.69, 9.17) is 0 Å². The lowest BCUT2D eigenvalue weighted by Gasteiger charge is -2.19. The molecule has 1 aliphatic heterocycles. The van der Waals surface area contributed by atoms with Crippen molar-refractivity contribution in [3.63, 3.8) is 0 Å². The summed E-state index contributed by atoms with van der Waals surface area (Å²) in [5, 5.41) is 3.25. The van der Waals surface area contributed by atoms with Gasteiger partial charge in [-0.15, -0.1) is 12.4 Å². The Morgan fingerprint density at radius 3 is 2.74 bits per heavy atom. The minimum absolute atomic E-state index is 0. The van der Waals surface area contributed by atoms with Crippen molar-refractivity contribution in [2.75, 3.05) is 20.1 Å². The van der Waals surface area contributed by atoms with Gasteiger partial charge in [0.1, 0.15) is 0 Å². The fourth-order valence-corrected chi connectivity index (χ4v) is 2.69. The Hall–Kier alpha value is -1.27. The first-order valence-corrected chi connectivity index (χ1v) is 7.47. The van der Waals surface area contributed by atoms with Crippen LogP contribution in [-0.4, -0.2) is 30.9 Å². The fraction of sp³-hybridized carbons (Fsp3) is 0.562. The van der Waals surface area contributed by atoms with Crippen molar-refractivity contribution in [1.29, 1.82) is 0 Å². The summed E-state index contributed by atoms with van der Waals surface area (Å²) in [4.78, 5) is 13.6. The zero-order valence-corrected chi connectivity index (χ0v) is 13.8. The molecular formula is C16H22ClF3N2O. The van der Waals surface area contributed by atoms with E-state index in [0.717, 1.165) is 38.1 Å². The molecule has 3 nitrogen and oxygen atoms in total. The number of benzene rings is 1. The Labute approximate surface area is 140 Å². The third-order valence-corrected chi connectivity index (χ3v) is 4.03. The van der Waals surface area contributed by atoms with Crippen molar-refractivity contribution >= 4 is 18.3 Å². The van der Waals surface area contributed by atoms with Gasteiger partial charge in [0.2, 0.25) is 5.91 Å². The molecule has 0 spiro atoms. The van der Waals surface area contributed by atoms with E-state index in [0.29, 0.717) is 17.9 Å². The van der Waals surface area contributed by atoms with Crippen LogP contribution in [-0.2, 0) is 17.5 Å². The smallest absolute Gasteiger partial charge is 0.341 e. The number of hydrogen-bond acceptors (Lipinski definition) is 2. The summed E-state index contributed by atoms with van der Waals surface area (Å²) in [6, 6.07) is 5.13. The normalized spacial score (nSPS) is 17.7. The Balaban J connectivity index is 0.00000264. The second-order valence-electron chi connectivity index (χ2n) is 5.85. The Bertz CT molecular complexity index is 516. The topological polar surface area (TPSA) is 32.3 Å². The summed E-state index contributed by atoms with van der Waals surface area (Å²) in [5.41, 5.74) is -0.184. The van der Waals surface area contributed by atoms with Gasteiger partial charge in [0, 0.05) is 20.0 Å². The van der Waals surface area contributed by atoms with Crippen LogP contribution < -0.4 is 5.32 Å². The number of carbonyl (C=O) groups is 1. The first-order chi connectivity index (χ1) is 10.4. The van der Waals surface area contributed by atoms with E-state index in [1.165, 1.54) is 11.0 Å². The van der Waals surface area contributed by atoms with E-state index in [1.54, 1.807) is 13.1 Å². The molecule has 0 radical (unpaired) electrons. The average Bonchev–Trinajstić information content (AvgIpc) is 2.97. The minimum Gasteiger partial charge on any atom is -0.341 e. The highest BCUT2D eigenvalue weighted by molar-refractivity contribution is 5.85. The molecule has 23 heavy (non-hydrogen) atoms. The van der Waals surface area contributed by atoms with Gasteiger partial charge in [0.25, 0.3) is 0 Å². The highest BCUT2D eigenvalue weighted by Crippen LogP contribution is 2.29. The molecule has 1 fully saturated rings. The summed E-state index contributed by atoms with van der Waals surface area (Å²) < 4.78 is 38.0. The molecule has 1 saturated heterocycles. The van der Waals surface area contributed by atoms with Gasteiger partial charge in [0.05, 0.1) is 5.56 Å². The SMILES string of the molecule is CN(Cc1cccc(C(F)(F)F)c1)C(=O)CCC1CCNC1.Cl. The van der Waals surface area contributed by atoms with Crippen LogP contribution in [0.15, 0.2) is 24.3 Å². The highest BCUT2D eigenvalue weighted by Gasteiger charge is 2.30. The van der Waals surface area contributed by atoms with E-state index < -0.39 is 11.7 Å². The number of rotatable bonds is 5. The van der Waals surface area contributed by atoms with E-state index in [9.17, 15) is 18.0 Å². The maximum atomic E-state index is 12.7. The van der Waals surface area contributed by atoms with Gasteiger partial charge in [-0.25, -0.2) is 0 Å². The summed E-state index contributed by atoms with van der Waals surface area (Å²) >= 11 is 0. The van der Waals surface area contributed by atoms with Gasteiger partial charge in [-0.2, -0.15) is 13.2 Å². The van der Waals surface area contributed by atoms with Crippen molar-refractivity contribution < 1.29 is 18.0 Å². The van der Waals surface area contributed by atoms with Crippen LogP contribution in [0.25, 0.3) is 0 Å². The molecule has 1 aromatic carbocycles. The lowest BCUT2D eigenvalue weighted by molar-refractivity contribution is -0.137. The molecule has 7 heteroatoms. The van der Waals surface area contributed by atoms with E-state index in [1.807, 2.05) is 0 Å². The second-order valence-corrected chi connectivity index (χ2v) is 5.85. The van der Waals surface area contributed by atoms with Crippen molar-refractivity contribution in [2.45, 2.75) is 32.0 Å². The van der Waals surface area contributed by atoms with Gasteiger partial charge < -0.3 is 10.2 Å². The summed E-state index contributed by atoms with van der Waals surface area (Å²) in [7, 11) is 1.63. The number of carbonyl (C=O) groups excluding carboxylic acids is 1. The average molecular weight is 351 g/mol. The van der Waals surface area contributed by atoms with Gasteiger partial charge in [-0.3, -0.25) is 4.79 Å². The van der Waals surface area contributed by atoms with E-state index >= 15 is 0 Å². The number of halogens is 4. The molecular weight excluding hydrogens is 329 g/mol. The van der Waals surface area contributed by atoms with Crippen LogP contribution in [0.2, 0.25) is 0 Å². The number of nitrogens with one attached hydrogen (secondary N) is 1. The summed E-state index contributed by atoms with van der Waals surface area (Å²) in [6.07, 6.45) is -1.99. The number of alkyl halides is 3. The first kappa shape index (κ1) is 19.8. The zero-order chi connectivity index (χ0) is 16.2. The van der Waals surface area contributed by atoms with E-state index in [-0.39, 0.29) is 24.9 Å². The molecule has 1 atom stereocenters. The second kappa shape index (κ2) is 8.55. The Morgan fingerprint density at radius 1 is 1.39 bits per heavy atom. The molecule has 1 N–H and O–H groups in total. The third kappa shape index (κ3) is 6.03. The summed E-state index contributed by atoms with van der Waals surface area (Å²) in [5.74, 6) is 0.509. The van der Waals surface area contributed by atoms with Crippen LogP contribution in [0.4, 0.5) is 13.2 Å². The van der Waals surface area contributed by atoms with Crippen LogP contribution in [0, 0.1) is 5.92 Å². The standard InChI is InChI=1S/C16H21F3N2O.ClH/c1-21(15(22)6-5-12-7-8-20-10-12)11-13-3-2-4-14(9-13)16(17,18)19;/h2-4,9,12,20H,5-8,10-11H2,1H3;1H. The Kier molecular flexibility index (Phi) is 7.35. The summed E-state index contributed by atoms with van der Waals surface area (Å²) in [6.45, 7) is 2.15. The maximum Gasteiger partial charge on any atom is 0.416 e. The molecule has 1 amide bonds. The highest BCUT2D eigenvalue weighted by atomic mass is 35.5. The van der Waals surface area contributed by atoms with E-state index in [2.05, 4.69) is 5.32 Å². The zero-order valence-electron chi connectivity index (χ0n) is 13.0. The van der Waals surface area contributed by atoms with Crippen molar-refractivity contribution in [2.24, 2.45) is 5.92 Å². The largest absolute Gasteiger partial charge is 0.416 e. The molecule has 130 valence electrons. The van der Waals surface area contributed by atoms with Gasteiger partial charge in [-0.05, 0) is 49.5 Å². The van der Waals surface area contributed by atoms with Crippen LogP contribution in [0.5, 0.6) is 0 Å². The van der Waals surface area contributed by atoms with Crippen molar-refractivity contribution in [3.05, 3.63) is 35.4 Å². The number of amides is 1. The minimum atomic E-state index is -4.35. The van der Waals surface area contributed by atoms with Crippen molar-refractivity contribution in [1.82, 2.24) is 10.2 Å². The number of nitrogens with zero attached hydrogens (tertiary/aromatic N) is 1. The van der Waals surface area contributed by atoms with Crippen LogP contribution in [0.1, 0.15) is 30.4 Å². The van der Waals surface area contributed by atoms with Crippen LogP contribution in [0.3, 0.4) is 0 Å². The molecule has 1 aliphatic rings. The van der Waals surface area contributed by atoms with Crippen LogP contribution >= 0.6 is 12.4 Å². The van der Waals surface area contributed by atoms with Gasteiger partial charge in [-0.1, -0.05) is 12.1 Å². The molecule has 1 aromatic rings. The Morgan fingerprint density at radius 2 is 2.13 bits per heavy atom. The molecule has 0 aromatic heterocycles. The maximum absolute atomic E-state index is 12.7. The first-order valence-electron chi connectivity index (χ1n) is 7.47. The molecule has 0 saturated carbocycles. The third-order valence-electron chi connectivity index (χ3n) is 4.03. The fourth-order valence-electron chi connectivity index (χ4n) is 2.69. The lowest BCUT2D eigenvalue weighted by Crippen LogP contribution is -2.26. The van der Waals surface area contributed by atoms with Gasteiger partial charge in [0.15, 0.2) is 0 Å².